The van der Waals surface area contributed by atoms with Gasteiger partial charge in [0, 0.05) is 0 Å². The zero-order valence-corrected chi connectivity index (χ0v) is 12.5. The Morgan fingerprint density at radius 3 is 2.55 bits per heavy atom. The number of rotatable bonds is 2. The first kappa shape index (κ1) is 12.2. The molecule has 1 atom stereocenters. The molecule has 4 rings (SSSR count). The summed E-state index contributed by atoms with van der Waals surface area (Å²) in [4.78, 5) is 0. The predicted octanol–water partition coefficient (Wildman–Crippen LogP) is 4.34. The number of hydrogen-bond acceptors (Lipinski definition) is 2. The molecule has 0 saturated heterocycles. The minimum absolute atomic E-state index is 0.230. The first-order valence-electron chi connectivity index (χ1n) is 6.78. The van der Waals surface area contributed by atoms with E-state index < -0.39 is 0 Å². The number of nitrogens with two attached hydrogens (primary N) is 1. The van der Waals surface area contributed by atoms with Crippen molar-refractivity contribution in [3.8, 4) is 0 Å². The Hall–Kier alpha value is -1.58. The second-order valence-corrected chi connectivity index (χ2v) is 6.05. The van der Waals surface area contributed by atoms with E-state index in [0.29, 0.717) is 4.67 Å². The molecule has 100 valence electrons. The molecule has 3 aromatic rings. The molecule has 0 spiro atoms. The van der Waals surface area contributed by atoms with Gasteiger partial charge >= 0.3 is 0 Å². The van der Waals surface area contributed by atoms with E-state index in [1.54, 1.807) is 0 Å². The highest BCUT2D eigenvalue weighted by Crippen LogP contribution is 2.36. The molecule has 2 nitrogen and oxygen atoms in total. The van der Waals surface area contributed by atoms with Crippen molar-refractivity contribution in [2.45, 2.75) is 18.9 Å². The van der Waals surface area contributed by atoms with Crippen LogP contribution in [0.3, 0.4) is 0 Å². The number of halogens is 1. The van der Waals surface area contributed by atoms with Crippen LogP contribution in [0.2, 0.25) is 0 Å². The molecule has 1 aliphatic carbocycles. The van der Waals surface area contributed by atoms with E-state index >= 15 is 0 Å². The Morgan fingerprint density at radius 2 is 1.80 bits per heavy atom. The second-order valence-electron chi connectivity index (χ2n) is 5.27. The highest BCUT2D eigenvalue weighted by molar-refractivity contribution is 9.10. The summed E-state index contributed by atoms with van der Waals surface area (Å²) in [6.07, 6.45) is 2.27. The molecular weight excluding hydrogens is 314 g/mol. The van der Waals surface area contributed by atoms with Crippen LogP contribution < -0.4 is 5.73 Å². The molecule has 2 aromatic carbocycles. The summed E-state index contributed by atoms with van der Waals surface area (Å²) < 4.78 is 6.33. The van der Waals surface area contributed by atoms with Gasteiger partial charge in [-0.1, -0.05) is 30.3 Å². The van der Waals surface area contributed by atoms with Gasteiger partial charge in [0.15, 0.2) is 4.67 Å². The molecule has 20 heavy (non-hydrogen) atoms. The standard InChI is InChI=1S/C17H14BrNO/c18-15-9-8-14(20-15)17(19)13-7-6-11-5-4-10-2-1-3-12(13)16(10)11/h1-3,6-9,17H,4-5,19H2. The van der Waals surface area contributed by atoms with Crippen molar-refractivity contribution in [3.05, 3.63) is 69.6 Å². The lowest BCUT2D eigenvalue weighted by Crippen LogP contribution is -2.11. The molecule has 0 aliphatic heterocycles. The van der Waals surface area contributed by atoms with Crippen molar-refractivity contribution in [1.82, 2.24) is 0 Å². The first-order valence-corrected chi connectivity index (χ1v) is 7.57. The van der Waals surface area contributed by atoms with Gasteiger partial charge in [0.05, 0.1) is 6.04 Å². The summed E-state index contributed by atoms with van der Waals surface area (Å²) in [5, 5.41) is 2.66. The molecule has 0 amide bonds. The molecule has 2 N–H and O–H groups in total. The third-order valence-corrected chi connectivity index (χ3v) is 4.57. The second kappa shape index (κ2) is 4.47. The molecule has 0 bridgehead atoms. The van der Waals surface area contributed by atoms with E-state index in [9.17, 15) is 0 Å². The first-order chi connectivity index (χ1) is 9.74. The summed E-state index contributed by atoms with van der Waals surface area (Å²) in [7, 11) is 0. The predicted molar refractivity (Wildman–Crippen MR) is 83.8 cm³/mol. The maximum Gasteiger partial charge on any atom is 0.169 e. The molecule has 1 heterocycles. The molecule has 1 aromatic heterocycles. The number of benzene rings is 2. The summed E-state index contributed by atoms with van der Waals surface area (Å²) in [5.74, 6) is 0.788. The van der Waals surface area contributed by atoms with Crippen molar-refractivity contribution in [2.24, 2.45) is 5.73 Å². The van der Waals surface area contributed by atoms with Crippen LogP contribution in [0.5, 0.6) is 0 Å². The Morgan fingerprint density at radius 1 is 1.00 bits per heavy atom. The smallest absolute Gasteiger partial charge is 0.169 e. The Labute approximate surface area is 125 Å². The third kappa shape index (κ3) is 1.74. The molecule has 1 unspecified atom stereocenters. The summed E-state index contributed by atoms with van der Waals surface area (Å²) >= 11 is 3.33. The fourth-order valence-corrected chi connectivity index (χ4v) is 3.51. The Balaban J connectivity index is 1.93. The zero-order valence-electron chi connectivity index (χ0n) is 10.9. The molecule has 0 radical (unpaired) electrons. The van der Waals surface area contributed by atoms with Gasteiger partial charge in [0.1, 0.15) is 5.76 Å². The fraction of sp³-hybridized carbons (Fsp3) is 0.176. The quantitative estimate of drug-likeness (QED) is 0.760. The highest BCUT2D eigenvalue weighted by atomic mass is 79.9. The van der Waals surface area contributed by atoms with Gasteiger partial charge in [-0.3, -0.25) is 0 Å². The van der Waals surface area contributed by atoms with Crippen LogP contribution in [0, 0.1) is 0 Å². The number of aryl methyl sites for hydroxylation is 2. The monoisotopic (exact) mass is 327 g/mol. The molecule has 1 aliphatic rings. The lowest BCUT2D eigenvalue weighted by atomic mass is 9.95. The van der Waals surface area contributed by atoms with E-state index in [0.717, 1.165) is 24.2 Å². The number of hydrogen-bond donors (Lipinski definition) is 1. The molecule has 0 saturated carbocycles. The van der Waals surface area contributed by atoms with Crippen molar-refractivity contribution in [1.29, 1.82) is 0 Å². The van der Waals surface area contributed by atoms with Gasteiger partial charge in [-0.2, -0.15) is 0 Å². The van der Waals surface area contributed by atoms with Crippen molar-refractivity contribution in [3.63, 3.8) is 0 Å². The topological polar surface area (TPSA) is 39.2 Å². The Bertz CT molecular complexity index is 796. The average Bonchev–Trinajstić information content (AvgIpc) is 3.07. The van der Waals surface area contributed by atoms with Crippen LogP contribution in [0.25, 0.3) is 10.8 Å². The minimum atomic E-state index is -0.230. The van der Waals surface area contributed by atoms with Crippen molar-refractivity contribution < 1.29 is 4.42 Å². The van der Waals surface area contributed by atoms with Gasteiger partial charge in [0.2, 0.25) is 0 Å². The number of furan rings is 1. The van der Waals surface area contributed by atoms with Crippen LogP contribution in [-0.4, -0.2) is 0 Å². The van der Waals surface area contributed by atoms with Crippen LogP contribution in [0.4, 0.5) is 0 Å². The third-order valence-electron chi connectivity index (χ3n) is 4.15. The average molecular weight is 328 g/mol. The van der Waals surface area contributed by atoms with Gasteiger partial charge in [-0.15, -0.1) is 0 Å². The van der Waals surface area contributed by atoms with E-state index in [1.165, 1.54) is 21.9 Å². The van der Waals surface area contributed by atoms with Gasteiger partial charge < -0.3 is 10.2 Å². The maximum atomic E-state index is 6.40. The lowest BCUT2D eigenvalue weighted by molar-refractivity contribution is 0.471. The zero-order chi connectivity index (χ0) is 13.7. The van der Waals surface area contributed by atoms with Crippen LogP contribution >= 0.6 is 15.9 Å². The van der Waals surface area contributed by atoms with Gasteiger partial charge in [-0.05, 0) is 68.4 Å². The van der Waals surface area contributed by atoms with Crippen molar-refractivity contribution in [2.75, 3.05) is 0 Å². The van der Waals surface area contributed by atoms with E-state index in [1.807, 2.05) is 12.1 Å². The summed E-state index contributed by atoms with van der Waals surface area (Å²) in [5.41, 5.74) is 10.4. The van der Waals surface area contributed by atoms with Gasteiger partial charge in [-0.25, -0.2) is 0 Å². The molecular formula is C17H14BrNO. The minimum Gasteiger partial charge on any atom is -0.452 e. The maximum absolute atomic E-state index is 6.40. The van der Waals surface area contributed by atoms with Crippen LogP contribution in [-0.2, 0) is 12.8 Å². The Kier molecular flexibility index (Phi) is 2.72. The largest absolute Gasteiger partial charge is 0.452 e. The summed E-state index contributed by atoms with van der Waals surface area (Å²) in [6, 6.07) is 14.5. The summed E-state index contributed by atoms with van der Waals surface area (Å²) in [6.45, 7) is 0. The molecule has 0 fully saturated rings. The van der Waals surface area contributed by atoms with E-state index in [-0.39, 0.29) is 6.04 Å². The van der Waals surface area contributed by atoms with E-state index in [2.05, 4.69) is 46.3 Å². The van der Waals surface area contributed by atoms with Crippen molar-refractivity contribution >= 4 is 26.7 Å². The lowest BCUT2D eigenvalue weighted by Gasteiger charge is -2.14. The van der Waals surface area contributed by atoms with Gasteiger partial charge in [0.25, 0.3) is 0 Å². The van der Waals surface area contributed by atoms with Crippen LogP contribution in [0.15, 0.2) is 51.6 Å². The van der Waals surface area contributed by atoms with E-state index in [4.69, 9.17) is 10.2 Å². The molecule has 3 heteroatoms. The normalized spacial score (nSPS) is 14.9. The SMILES string of the molecule is NC(c1ccc(Br)o1)c1ccc2c3c(cccc13)CC2. The highest BCUT2D eigenvalue weighted by Gasteiger charge is 2.20. The van der Waals surface area contributed by atoms with Crippen LogP contribution in [0.1, 0.15) is 28.5 Å². The fourth-order valence-electron chi connectivity index (χ4n) is 3.19.